The molecule has 3 heteroatoms. The Balaban J connectivity index is 1.75. The fourth-order valence-corrected chi connectivity index (χ4v) is 3.31. The Morgan fingerprint density at radius 1 is 1.19 bits per heavy atom. The number of aryl methyl sites for hydroxylation is 2. The Labute approximate surface area is 135 Å². The van der Waals surface area contributed by atoms with E-state index in [1.807, 2.05) is 0 Å². The van der Waals surface area contributed by atoms with Crippen molar-refractivity contribution < 1.29 is 0 Å². The largest absolute Gasteiger partial charge is 0.380 e. The molecule has 3 rings (SSSR count). The SMILES string of the molecule is Cc1ccc(Br)c(NCc2ccc3c(c2)CCCN3C)c1. The molecule has 0 bridgehead atoms. The molecule has 2 nitrogen and oxygen atoms in total. The Morgan fingerprint density at radius 2 is 2.05 bits per heavy atom. The summed E-state index contributed by atoms with van der Waals surface area (Å²) in [5.74, 6) is 0. The van der Waals surface area contributed by atoms with Crippen molar-refractivity contribution in [2.24, 2.45) is 0 Å². The molecule has 0 saturated heterocycles. The molecule has 0 aliphatic carbocycles. The first-order valence-corrected chi connectivity index (χ1v) is 8.26. The number of nitrogens with zero attached hydrogens (tertiary/aromatic N) is 1. The fourth-order valence-electron chi connectivity index (χ4n) is 2.92. The molecule has 21 heavy (non-hydrogen) atoms. The Kier molecular flexibility index (Phi) is 4.20. The standard InChI is InChI=1S/C18H21BrN2/c1-13-5-7-16(19)17(10-13)20-12-14-6-8-18-15(11-14)4-3-9-21(18)2/h5-8,10-11,20H,3-4,9,12H2,1-2H3. The monoisotopic (exact) mass is 344 g/mol. The molecule has 0 fully saturated rings. The van der Waals surface area contributed by atoms with Crippen LogP contribution < -0.4 is 10.2 Å². The highest BCUT2D eigenvalue weighted by Crippen LogP contribution is 2.28. The zero-order valence-corrected chi connectivity index (χ0v) is 14.2. The second-order valence-electron chi connectivity index (χ2n) is 5.83. The summed E-state index contributed by atoms with van der Waals surface area (Å²) in [6, 6.07) is 13.2. The van der Waals surface area contributed by atoms with Crippen LogP contribution in [0.15, 0.2) is 40.9 Å². The molecule has 0 radical (unpaired) electrons. The summed E-state index contributed by atoms with van der Waals surface area (Å²) in [6.07, 6.45) is 2.45. The van der Waals surface area contributed by atoms with Gasteiger partial charge in [-0.2, -0.15) is 0 Å². The van der Waals surface area contributed by atoms with Crippen molar-refractivity contribution in [3.8, 4) is 0 Å². The number of anilines is 2. The minimum atomic E-state index is 0.860. The Morgan fingerprint density at radius 3 is 2.90 bits per heavy atom. The third-order valence-corrected chi connectivity index (χ3v) is 4.79. The van der Waals surface area contributed by atoms with Crippen molar-refractivity contribution in [3.63, 3.8) is 0 Å². The minimum Gasteiger partial charge on any atom is -0.380 e. The number of benzene rings is 2. The molecule has 1 aliphatic heterocycles. The number of hydrogen-bond donors (Lipinski definition) is 1. The molecular formula is C18H21BrN2. The van der Waals surface area contributed by atoms with Gasteiger partial charge in [-0.15, -0.1) is 0 Å². The lowest BCUT2D eigenvalue weighted by molar-refractivity contribution is 0.743. The van der Waals surface area contributed by atoms with Gasteiger partial charge in [0.25, 0.3) is 0 Å². The number of fused-ring (bicyclic) bond motifs is 1. The van der Waals surface area contributed by atoms with Gasteiger partial charge >= 0.3 is 0 Å². The van der Waals surface area contributed by atoms with Gasteiger partial charge in [-0.3, -0.25) is 0 Å². The normalized spacial score (nSPS) is 14.0. The highest BCUT2D eigenvalue weighted by molar-refractivity contribution is 9.10. The molecule has 2 aromatic carbocycles. The van der Waals surface area contributed by atoms with E-state index in [1.54, 1.807) is 0 Å². The summed E-state index contributed by atoms with van der Waals surface area (Å²) in [4.78, 5) is 2.35. The van der Waals surface area contributed by atoms with Crippen LogP contribution in [0, 0.1) is 6.92 Å². The third-order valence-electron chi connectivity index (χ3n) is 4.10. The van der Waals surface area contributed by atoms with E-state index in [9.17, 15) is 0 Å². The molecule has 2 aromatic rings. The minimum absolute atomic E-state index is 0.860. The Hall–Kier alpha value is -1.48. The lowest BCUT2D eigenvalue weighted by Crippen LogP contribution is -2.24. The van der Waals surface area contributed by atoms with E-state index in [0.29, 0.717) is 0 Å². The number of rotatable bonds is 3. The molecule has 0 amide bonds. The van der Waals surface area contributed by atoms with E-state index in [2.05, 4.69) is 76.5 Å². The number of hydrogen-bond acceptors (Lipinski definition) is 2. The van der Waals surface area contributed by atoms with Crippen molar-refractivity contribution in [2.45, 2.75) is 26.3 Å². The van der Waals surface area contributed by atoms with E-state index in [4.69, 9.17) is 0 Å². The van der Waals surface area contributed by atoms with Crippen molar-refractivity contribution >= 4 is 27.3 Å². The van der Waals surface area contributed by atoms with Crippen molar-refractivity contribution in [3.05, 3.63) is 57.6 Å². The maximum Gasteiger partial charge on any atom is 0.0489 e. The van der Waals surface area contributed by atoms with Gasteiger partial charge in [0, 0.05) is 36.0 Å². The molecule has 110 valence electrons. The number of halogens is 1. The fraction of sp³-hybridized carbons (Fsp3) is 0.333. The van der Waals surface area contributed by atoms with Crippen LogP contribution in [0.3, 0.4) is 0 Å². The van der Waals surface area contributed by atoms with Crippen molar-refractivity contribution in [1.82, 2.24) is 0 Å². The summed E-state index contributed by atoms with van der Waals surface area (Å²) >= 11 is 3.60. The first kappa shape index (κ1) is 14.5. The van der Waals surface area contributed by atoms with E-state index in [-0.39, 0.29) is 0 Å². The maximum atomic E-state index is 3.60. The summed E-state index contributed by atoms with van der Waals surface area (Å²) in [5, 5.41) is 3.53. The summed E-state index contributed by atoms with van der Waals surface area (Å²) in [5.41, 5.74) is 6.64. The van der Waals surface area contributed by atoms with Gasteiger partial charge in [0.15, 0.2) is 0 Å². The van der Waals surface area contributed by atoms with Gasteiger partial charge in [-0.25, -0.2) is 0 Å². The zero-order chi connectivity index (χ0) is 14.8. The highest BCUT2D eigenvalue weighted by Gasteiger charge is 2.13. The van der Waals surface area contributed by atoms with Crippen LogP contribution in [0.25, 0.3) is 0 Å². The van der Waals surface area contributed by atoms with Crippen LogP contribution in [0.2, 0.25) is 0 Å². The maximum absolute atomic E-state index is 3.60. The molecule has 0 atom stereocenters. The number of nitrogens with one attached hydrogen (secondary N) is 1. The van der Waals surface area contributed by atoms with Crippen LogP contribution in [-0.4, -0.2) is 13.6 Å². The first-order valence-electron chi connectivity index (χ1n) is 7.46. The molecule has 1 N–H and O–H groups in total. The van der Waals surface area contributed by atoms with Crippen molar-refractivity contribution in [2.75, 3.05) is 23.8 Å². The second kappa shape index (κ2) is 6.10. The van der Waals surface area contributed by atoms with Crippen LogP contribution in [0.4, 0.5) is 11.4 Å². The van der Waals surface area contributed by atoms with Gasteiger partial charge in [0.2, 0.25) is 0 Å². The molecule has 1 aliphatic rings. The van der Waals surface area contributed by atoms with Crippen LogP contribution in [0.1, 0.15) is 23.1 Å². The smallest absolute Gasteiger partial charge is 0.0489 e. The molecule has 1 heterocycles. The zero-order valence-electron chi connectivity index (χ0n) is 12.6. The van der Waals surface area contributed by atoms with Crippen molar-refractivity contribution in [1.29, 1.82) is 0 Å². The topological polar surface area (TPSA) is 15.3 Å². The van der Waals surface area contributed by atoms with Gasteiger partial charge in [-0.05, 0) is 70.6 Å². The molecular weight excluding hydrogens is 324 g/mol. The molecule has 0 spiro atoms. The van der Waals surface area contributed by atoms with E-state index >= 15 is 0 Å². The van der Waals surface area contributed by atoms with E-state index < -0.39 is 0 Å². The molecule has 0 aromatic heterocycles. The van der Waals surface area contributed by atoms with Gasteiger partial charge in [-0.1, -0.05) is 18.2 Å². The van der Waals surface area contributed by atoms with Gasteiger partial charge in [0.1, 0.15) is 0 Å². The molecule has 0 saturated carbocycles. The lowest BCUT2D eigenvalue weighted by Gasteiger charge is -2.28. The predicted molar refractivity (Wildman–Crippen MR) is 94.2 cm³/mol. The Bertz CT molecular complexity index is 652. The predicted octanol–water partition coefficient (Wildman–Crippen LogP) is 4.75. The first-order chi connectivity index (χ1) is 10.1. The van der Waals surface area contributed by atoms with E-state index in [0.717, 1.165) is 16.7 Å². The average molecular weight is 345 g/mol. The summed E-state index contributed by atoms with van der Waals surface area (Å²) in [7, 11) is 2.18. The van der Waals surface area contributed by atoms with Crippen LogP contribution in [0.5, 0.6) is 0 Å². The van der Waals surface area contributed by atoms with Crippen LogP contribution in [-0.2, 0) is 13.0 Å². The van der Waals surface area contributed by atoms with E-state index in [1.165, 1.54) is 41.8 Å². The lowest BCUT2D eigenvalue weighted by atomic mass is 9.99. The quantitative estimate of drug-likeness (QED) is 0.863. The van der Waals surface area contributed by atoms with Gasteiger partial charge < -0.3 is 10.2 Å². The average Bonchev–Trinajstić information content (AvgIpc) is 2.48. The molecule has 0 unspecified atom stereocenters. The van der Waals surface area contributed by atoms with Gasteiger partial charge in [0.05, 0.1) is 0 Å². The highest BCUT2D eigenvalue weighted by atomic mass is 79.9. The second-order valence-corrected chi connectivity index (χ2v) is 6.68. The third kappa shape index (κ3) is 3.24. The van der Waals surface area contributed by atoms with Crippen LogP contribution >= 0.6 is 15.9 Å². The summed E-state index contributed by atoms with van der Waals surface area (Å²) < 4.78 is 1.12. The summed E-state index contributed by atoms with van der Waals surface area (Å²) in [6.45, 7) is 4.15.